The maximum atomic E-state index is 8.61. The first-order valence-corrected chi connectivity index (χ1v) is 3.82. The van der Waals surface area contributed by atoms with Gasteiger partial charge in [0.05, 0.1) is 18.8 Å². The van der Waals surface area contributed by atoms with Crippen LogP contribution in [-0.2, 0) is 13.1 Å². The minimum atomic E-state index is 0.456. The van der Waals surface area contributed by atoms with Crippen LogP contribution in [0.5, 0.6) is 0 Å². The summed E-state index contributed by atoms with van der Waals surface area (Å²) in [7, 11) is 0. The van der Waals surface area contributed by atoms with Gasteiger partial charge in [0.2, 0.25) is 0 Å². The van der Waals surface area contributed by atoms with Crippen molar-refractivity contribution in [3.8, 4) is 6.19 Å². The molecule has 1 aliphatic rings. The highest BCUT2D eigenvalue weighted by Gasteiger charge is 2.21. The van der Waals surface area contributed by atoms with Crippen molar-refractivity contribution in [3.63, 3.8) is 0 Å². The maximum Gasteiger partial charge on any atom is 0.180 e. The molecule has 0 atom stereocenters. The Bertz CT molecular complexity index is 357. The zero-order valence-electron chi connectivity index (χ0n) is 6.16. The number of nitrogens with zero attached hydrogens (tertiary/aromatic N) is 4. The first kappa shape index (κ1) is 7.32. The average molecular weight is 181 g/mol. The van der Waals surface area contributed by atoms with Crippen molar-refractivity contribution in [1.82, 2.24) is 14.9 Å². The number of nitriles is 1. The molecule has 1 aromatic rings. The Morgan fingerprint density at radius 1 is 1.50 bits per heavy atom. The first-order valence-electron chi connectivity index (χ1n) is 3.44. The summed E-state index contributed by atoms with van der Waals surface area (Å²) < 4.78 is 0. The molecule has 1 aromatic heterocycles. The molecule has 0 bridgehead atoms. The number of hydrogen-bond donors (Lipinski definition) is 0. The molecule has 2 heterocycles. The van der Waals surface area contributed by atoms with E-state index < -0.39 is 0 Å². The fourth-order valence-corrected chi connectivity index (χ4v) is 1.43. The van der Waals surface area contributed by atoms with E-state index in [-0.39, 0.29) is 0 Å². The van der Waals surface area contributed by atoms with Gasteiger partial charge in [-0.05, 0) is 0 Å². The topological polar surface area (TPSA) is 52.8 Å². The smallest absolute Gasteiger partial charge is 0.180 e. The molecule has 0 aliphatic carbocycles. The number of rotatable bonds is 0. The van der Waals surface area contributed by atoms with Gasteiger partial charge in [-0.25, -0.2) is 9.97 Å². The number of aromatic nitrogens is 2. The lowest BCUT2D eigenvalue weighted by atomic mass is 10.3. The van der Waals surface area contributed by atoms with E-state index in [2.05, 4.69) is 9.97 Å². The van der Waals surface area contributed by atoms with E-state index in [1.54, 1.807) is 4.90 Å². The molecule has 0 saturated carbocycles. The Morgan fingerprint density at radius 3 is 3.00 bits per heavy atom. The van der Waals surface area contributed by atoms with Gasteiger partial charge in [0, 0.05) is 5.56 Å². The molecule has 0 aromatic carbocycles. The van der Waals surface area contributed by atoms with Crippen LogP contribution >= 0.6 is 11.6 Å². The van der Waals surface area contributed by atoms with Crippen LogP contribution in [0.2, 0.25) is 5.15 Å². The quantitative estimate of drug-likeness (QED) is 0.440. The monoisotopic (exact) mass is 180 g/mol. The summed E-state index contributed by atoms with van der Waals surface area (Å²) in [5.41, 5.74) is 1.73. The number of halogens is 1. The third-order valence-corrected chi connectivity index (χ3v) is 2.14. The molecule has 60 valence electrons. The Hall–Kier alpha value is -1.34. The van der Waals surface area contributed by atoms with Crippen LogP contribution in [0.25, 0.3) is 0 Å². The lowest BCUT2D eigenvalue weighted by Crippen LogP contribution is -2.07. The van der Waals surface area contributed by atoms with Crippen molar-refractivity contribution in [3.05, 3.63) is 22.7 Å². The zero-order valence-corrected chi connectivity index (χ0v) is 6.91. The number of hydrogen-bond acceptors (Lipinski definition) is 4. The van der Waals surface area contributed by atoms with Crippen LogP contribution in [0.1, 0.15) is 11.3 Å². The van der Waals surface area contributed by atoms with Crippen LogP contribution in [-0.4, -0.2) is 14.9 Å². The third-order valence-electron chi connectivity index (χ3n) is 1.81. The summed E-state index contributed by atoms with van der Waals surface area (Å²) >= 11 is 5.80. The van der Waals surface area contributed by atoms with E-state index in [1.165, 1.54) is 6.33 Å². The summed E-state index contributed by atoms with van der Waals surface area (Å²) in [5.74, 6) is 0. The van der Waals surface area contributed by atoms with Crippen LogP contribution < -0.4 is 0 Å². The first-order chi connectivity index (χ1) is 5.81. The maximum absolute atomic E-state index is 8.61. The second-order valence-corrected chi connectivity index (χ2v) is 2.90. The minimum absolute atomic E-state index is 0.456. The summed E-state index contributed by atoms with van der Waals surface area (Å²) in [6.45, 7) is 1.08. The molecule has 12 heavy (non-hydrogen) atoms. The molecule has 0 saturated heterocycles. The standard InChI is InChI=1S/C7H5ClN4/c8-7-5-1-12(3-9)2-6(5)10-4-11-7/h4H,1-2H2. The summed E-state index contributed by atoms with van der Waals surface area (Å²) in [6, 6.07) is 0. The van der Waals surface area contributed by atoms with Crippen molar-refractivity contribution in [2.24, 2.45) is 0 Å². The fourth-order valence-electron chi connectivity index (χ4n) is 1.22. The van der Waals surface area contributed by atoms with Gasteiger partial charge in [-0.3, -0.25) is 0 Å². The molecule has 5 heteroatoms. The molecule has 2 rings (SSSR count). The van der Waals surface area contributed by atoms with Gasteiger partial charge in [0.15, 0.2) is 6.19 Å². The second kappa shape index (κ2) is 2.61. The normalized spacial score (nSPS) is 14.2. The van der Waals surface area contributed by atoms with E-state index in [4.69, 9.17) is 16.9 Å². The van der Waals surface area contributed by atoms with Gasteiger partial charge >= 0.3 is 0 Å². The predicted molar refractivity (Wildman–Crippen MR) is 41.9 cm³/mol. The Labute approximate surface area is 74.4 Å². The van der Waals surface area contributed by atoms with Crippen molar-refractivity contribution in [2.45, 2.75) is 13.1 Å². The molecule has 1 aliphatic heterocycles. The molecular formula is C7H5ClN4. The van der Waals surface area contributed by atoms with Gasteiger partial charge in [-0.2, -0.15) is 5.26 Å². The molecule has 0 spiro atoms. The van der Waals surface area contributed by atoms with Crippen LogP contribution in [0.4, 0.5) is 0 Å². The SMILES string of the molecule is N#CN1Cc2ncnc(Cl)c2C1. The Morgan fingerprint density at radius 2 is 2.33 bits per heavy atom. The van der Waals surface area contributed by atoms with Gasteiger partial charge in [-0.1, -0.05) is 11.6 Å². The van der Waals surface area contributed by atoms with E-state index in [1.807, 2.05) is 6.19 Å². The average Bonchev–Trinajstić information content (AvgIpc) is 2.49. The van der Waals surface area contributed by atoms with Crippen molar-refractivity contribution in [1.29, 1.82) is 5.26 Å². The van der Waals surface area contributed by atoms with Crippen LogP contribution in [0, 0.1) is 11.5 Å². The van der Waals surface area contributed by atoms with E-state index >= 15 is 0 Å². The lowest BCUT2D eigenvalue weighted by molar-refractivity contribution is 0.415. The molecule has 0 N–H and O–H groups in total. The highest BCUT2D eigenvalue weighted by Crippen LogP contribution is 2.24. The highest BCUT2D eigenvalue weighted by molar-refractivity contribution is 6.30. The van der Waals surface area contributed by atoms with Gasteiger partial charge in [0.25, 0.3) is 0 Å². The third kappa shape index (κ3) is 0.990. The molecule has 0 unspecified atom stereocenters. The van der Waals surface area contributed by atoms with E-state index in [0.29, 0.717) is 18.2 Å². The zero-order chi connectivity index (χ0) is 8.55. The van der Waals surface area contributed by atoms with Crippen molar-refractivity contribution < 1.29 is 0 Å². The van der Waals surface area contributed by atoms with E-state index in [0.717, 1.165) is 11.3 Å². The number of fused-ring (bicyclic) bond motifs is 1. The highest BCUT2D eigenvalue weighted by atomic mass is 35.5. The molecule has 4 nitrogen and oxygen atoms in total. The summed E-state index contributed by atoms with van der Waals surface area (Å²) in [5, 5.41) is 9.07. The summed E-state index contributed by atoms with van der Waals surface area (Å²) in [6.07, 6.45) is 3.46. The Balaban J connectivity index is 2.43. The van der Waals surface area contributed by atoms with Crippen LogP contribution in [0.3, 0.4) is 0 Å². The van der Waals surface area contributed by atoms with Gasteiger partial charge < -0.3 is 4.90 Å². The van der Waals surface area contributed by atoms with Gasteiger partial charge in [0.1, 0.15) is 11.5 Å². The predicted octanol–water partition coefficient (Wildman–Crippen LogP) is 0.927. The minimum Gasteiger partial charge on any atom is -0.300 e. The van der Waals surface area contributed by atoms with Crippen molar-refractivity contribution in [2.75, 3.05) is 0 Å². The van der Waals surface area contributed by atoms with Gasteiger partial charge in [-0.15, -0.1) is 0 Å². The molecule has 0 fully saturated rings. The lowest BCUT2D eigenvalue weighted by Gasteiger charge is -2.01. The van der Waals surface area contributed by atoms with Crippen molar-refractivity contribution >= 4 is 11.6 Å². The van der Waals surface area contributed by atoms with E-state index in [9.17, 15) is 0 Å². The summed E-state index contributed by atoms with van der Waals surface area (Å²) in [4.78, 5) is 9.46. The van der Waals surface area contributed by atoms with Crippen LogP contribution in [0.15, 0.2) is 6.33 Å². The molecule has 0 amide bonds. The Kier molecular flexibility index (Phi) is 1.59. The molecule has 0 radical (unpaired) electrons. The fraction of sp³-hybridized carbons (Fsp3) is 0.286. The molecular weight excluding hydrogens is 176 g/mol. The second-order valence-electron chi connectivity index (χ2n) is 2.55. The largest absolute Gasteiger partial charge is 0.300 e.